The maximum atomic E-state index is 12.1. The summed E-state index contributed by atoms with van der Waals surface area (Å²) in [6.45, 7) is 2.56. The van der Waals surface area contributed by atoms with Crippen LogP contribution in [0.5, 0.6) is 0 Å². The number of benzene rings is 1. The van der Waals surface area contributed by atoms with Gasteiger partial charge in [-0.25, -0.2) is 8.42 Å². The van der Waals surface area contributed by atoms with E-state index in [-0.39, 0.29) is 23.2 Å². The highest BCUT2D eigenvalue weighted by atomic mass is 35.5. The van der Waals surface area contributed by atoms with Gasteiger partial charge in [0, 0.05) is 31.6 Å². The molecule has 2 aliphatic rings. The number of carbonyl (C=O) groups excluding carboxylic acids is 1. The molecule has 0 saturated carbocycles. The molecule has 7 nitrogen and oxygen atoms in total. The van der Waals surface area contributed by atoms with E-state index in [2.05, 4.69) is 9.71 Å². The Kier molecular flexibility index (Phi) is 6.42. The van der Waals surface area contributed by atoms with Crippen LogP contribution in [-0.2, 0) is 14.8 Å². The monoisotopic (exact) mass is 386 g/mol. The summed E-state index contributed by atoms with van der Waals surface area (Å²) in [7, 11) is -3.50. The van der Waals surface area contributed by atoms with Gasteiger partial charge in [0.25, 0.3) is 10.0 Å². The highest BCUT2D eigenvalue weighted by Gasteiger charge is 2.30. The number of nitrogens with two attached hydrogens (primary N) is 1. The van der Waals surface area contributed by atoms with Crippen LogP contribution in [0.3, 0.4) is 0 Å². The molecule has 1 amide bonds. The number of nitrogens with zero attached hydrogens (tertiary/aromatic N) is 2. The lowest BCUT2D eigenvalue weighted by molar-refractivity contribution is -0.130. The summed E-state index contributed by atoms with van der Waals surface area (Å²) in [5.74, 6) is 0.902. The standard InChI is InChI=1S/C16H22N4O3S.ClH/c17-10-12-7-9-20(11-12)15(21)6-3-8-18-16-13-4-1-2-5-14(13)24(22,23)19-16;/h1-2,4-5,12H,3,6-11,17H2,(H,18,19);1H. The molecular formula is C16H23ClN4O3S. The molecule has 1 saturated heterocycles. The fourth-order valence-electron chi connectivity index (χ4n) is 3.08. The minimum absolute atomic E-state index is 0. The largest absolute Gasteiger partial charge is 0.342 e. The van der Waals surface area contributed by atoms with Gasteiger partial charge in [-0.3, -0.25) is 14.5 Å². The molecule has 1 atom stereocenters. The van der Waals surface area contributed by atoms with Crippen molar-refractivity contribution >= 4 is 34.2 Å². The first-order valence-electron chi connectivity index (χ1n) is 8.16. The number of likely N-dealkylation sites (tertiary alicyclic amines) is 1. The van der Waals surface area contributed by atoms with Gasteiger partial charge in [0.1, 0.15) is 5.84 Å². The Morgan fingerprint density at radius 2 is 2.12 bits per heavy atom. The summed E-state index contributed by atoms with van der Waals surface area (Å²) in [6, 6.07) is 6.75. The number of halogens is 1. The first-order valence-corrected chi connectivity index (χ1v) is 9.64. The average Bonchev–Trinajstić information content (AvgIpc) is 3.15. The fourth-order valence-corrected chi connectivity index (χ4v) is 4.33. The molecule has 2 aliphatic heterocycles. The van der Waals surface area contributed by atoms with Crippen LogP contribution in [0.2, 0.25) is 0 Å². The smallest absolute Gasteiger partial charge is 0.263 e. The van der Waals surface area contributed by atoms with Crippen molar-refractivity contribution in [1.29, 1.82) is 0 Å². The number of amides is 1. The molecule has 1 aromatic carbocycles. The van der Waals surface area contributed by atoms with Crippen LogP contribution >= 0.6 is 12.4 Å². The Bertz CT molecular complexity index is 766. The van der Waals surface area contributed by atoms with Gasteiger partial charge < -0.3 is 10.6 Å². The van der Waals surface area contributed by atoms with Crippen molar-refractivity contribution in [2.75, 3.05) is 26.2 Å². The molecule has 138 valence electrons. The zero-order valence-corrected chi connectivity index (χ0v) is 15.5. The van der Waals surface area contributed by atoms with Crippen molar-refractivity contribution in [2.45, 2.75) is 24.2 Å². The van der Waals surface area contributed by atoms with Crippen molar-refractivity contribution in [2.24, 2.45) is 16.6 Å². The molecule has 1 unspecified atom stereocenters. The van der Waals surface area contributed by atoms with Crippen LogP contribution in [0.1, 0.15) is 24.8 Å². The summed E-state index contributed by atoms with van der Waals surface area (Å²) < 4.78 is 26.4. The molecule has 25 heavy (non-hydrogen) atoms. The molecular weight excluding hydrogens is 364 g/mol. The topological polar surface area (TPSA) is 105 Å². The Morgan fingerprint density at radius 1 is 1.36 bits per heavy atom. The Labute approximate surface area is 154 Å². The number of rotatable bonds is 5. The number of hydrogen-bond donors (Lipinski definition) is 2. The number of hydrogen-bond acceptors (Lipinski definition) is 5. The minimum atomic E-state index is -3.50. The van der Waals surface area contributed by atoms with Gasteiger partial charge in [-0.15, -0.1) is 12.4 Å². The number of carbonyl (C=O) groups is 1. The number of amidine groups is 1. The quantitative estimate of drug-likeness (QED) is 0.728. The second-order valence-corrected chi connectivity index (χ2v) is 7.82. The van der Waals surface area contributed by atoms with E-state index in [4.69, 9.17) is 5.73 Å². The predicted octanol–water partition coefficient (Wildman–Crippen LogP) is 0.734. The second kappa shape index (κ2) is 8.16. The summed E-state index contributed by atoms with van der Waals surface area (Å²) in [6.07, 6.45) is 1.99. The molecule has 0 spiro atoms. The van der Waals surface area contributed by atoms with E-state index in [1.807, 2.05) is 4.90 Å². The van der Waals surface area contributed by atoms with Crippen LogP contribution in [0.15, 0.2) is 34.2 Å². The van der Waals surface area contributed by atoms with E-state index in [0.717, 1.165) is 19.5 Å². The maximum Gasteiger partial charge on any atom is 0.263 e. The third-order valence-electron chi connectivity index (χ3n) is 4.45. The number of nitrogens with one attached hydrogen (secondary N) is 1. The van der Waals surface area contributed by atoms with Crippen molar-refractivity contribution in [3.8, 4) is 0 Å². The molecule has 1 aromatic rings. The van der Waals surface area contributed by atoms with E-state index in [0.29, 0.717) is 43.2 Å². The van der Waals surface area contributed by atoms with Crippen molar-refractivity contribution in [1.82, 2.24) is 9.62 Å². The van der Waals surface area contributed by atoms with E-state index < -0.39 is 10.0 Å². The molecule has 0 aliphatic carbocycles. The highest BCUT2D eigenvalue weighted by Crippen LogP contribution is 2.22. The normalized spacial score (nSPS) is 22.4. The lowest BCUT2D eigenvalue weighted by Crippen LogP contribution is -2.29. The predicted molar refractivity (Wildman–Crippen MR) is 98.4 cm³/mol. The van der Waals surface area contributed by atoms with E-state index in [1.54, 1.807) is 24.3 Å². The lowest BCUT2D eigenvalue weighted by atomic mass is 10.1. The molecule has 2 heterocycles. The molecule has 1 fully saturated rings. The van der Waals surface area contributed by atoms with Crippen LogP contribution < -0.4 is 10.5 Å². The third-order valence-corrected chi connectivity index (χ3v) is 5.85. The zero-order chi connectivity index (χ0) is 17.2. The minimum Gasteiger partial charge on any atom is -0.342 e. The Balaban J connectivity index is 0.00000225. The zero-order valence-electron chi connectivity index (χ0n) is 13.8. The number of fused-ring (bicyclic) bond motifs is 1. The summed E-state index contributed by atoms with van der Waals surface area (Å²) >= 11 is 0. The maximum absolute atomic E-state index is 12.1. The van der Waals surface area contributed by atoms with Gasteiger partial charge in [0.2, 0.25) is 5.91 Å². The first kappa shape index (κ1) is 19.7. The van der Waals surface area contributed by atoms with E-state index in [9.17, 15) is 13.2 Å². The molecule has 9 heteroatoms. The van der Waals surface area contributed by atoms with Gasteiger partial charge in [-0.2, -0.15) is 0 Å². The van der Waals surface area contributed by atoms with Crippen LogP contribution in [0.25, 0.3) is 0 Å². The molecule has 0 bridgehead atoms. The van der Waals surface area contributed by atoms with Gasteiger partial charge >= 0.3 is 0 Å². The van der Waals surface area contributed by atoms with Gasteiger partial charge in [0.05, 0.1) is 4.90 Å². The lowest BCUT2D eigenvalue weighted by Gasteiger charge is -2.15. The van der Waals surface area contributed by atoms with Crippen LogP contribution in [-0.4, -0.2) is 51.2 Å². The van der Waals surface area contributed by atoms with Crippen molar-refractivity contribution in [3.63, 3.8) is 0 Å². The summed E-state index contributed by atoms with van der Waals surface area (Å²) in [5, 5.41) is 0. The van der Waals surface area contributed by atoms with Gasteiger partial charge in [0.15, 0.2) is 0 Å². The highest BCUT2D eigenvalue weighted by molar-refractivity contribution is 7.90. The second-order valence-electron chi connectivity index (χ2n) is 6.17. The summed E-state index contributed by atoms with van der Waals surface area (Å²) in [5.41, 5.74) is 6.23. The number of aliphatic imine (C=N–C) groups is 1. The number of sulfonamides is 1. The average molecular weight is 387 g/mol. The third kappa shape index (κ3) is 4.31. The van der Waals surface area contributed by atoms with Crippen molar-refractivity contribution in [3.05, 3.63) is 29.8 Å². The van der Waals surface area contributed by atoms with E-state index in [1.165, 1.54) is 0 Å². The fraction of sp³-hybridized carbons (Fsp3) is 0.500. The molecule has 3 rings (SSSR count). The van der Waals surface area contributed by atoms with Gasteiger partial charge in [-0.1, -0.05) is 12.1 Å². The SMILES string of the molecule is Cl.NCC1CCN(C(=O)CCCN=C2NS(=O)(=O)c3ccccc32)C1. The van der Waals surface area contributed by atoms with Crippen molar-refractivity contribution < 1.29 is 13.2 Å². The summed E-state index contributed by atoms with van der Waals surface area (Å²) in [4.78, 5) is 18.6. The molecule has 0 radical (unpaired) electrons. The first-order chi connectivity index (χ1) is 11.5. The molecule has 3 N–H and O–H groups in total. The van der Waals surface area contributed by atoms with Crippen LogP contribution in [0, 0.1) is 5.92 Å². The Hall–Kier alpha value is -1.64. The van der Waals surface area contributed by atoms with Crippen LogP contribution in [0.4, 0.5) is 0 Å². The van der Waals surface area contributed by atoms with E-state index >= 15 is 0 Å². The van der Waals surface area contributed by atoms with Gasteiger partial charge in [-0.05, 0) is 37.4 Å². The Morgan fingerprint density at radius 3 is 2.84 bits per heavy atom. The molecule has 0 aromatic heterocycles.